The summed E-state index contributed by atoms with van der Waals surface area (Å²) in [6, 6.07) is 4.66. The highest BCUT2D eigenvalue weighted by molar-refractivity contribution is 7.98. The summed E-state index contributed by atoms with van der Waals surface area (Å²) in [6.45, 7) is 0. The molecule has 0 aliphatic heterocycles. The van der Waals surface area contributed by atoms with Crippen LogP contribution in [0.3, 0.4) is 0 Å². The van der Waals surface area contributed by atoms with Gasteiger partial charge in [-0.05, 0) is 17.9 Å². The van der Waals surface area contributed by atoms with Gasteiger partial charge in [0.15, 0.2) is 5.78 Å². The number of alkyl halides is 1. The lowest BCUT2D eigenvalue weighted by Crippen LogP contribution is -2.04. The first-order valence-electron chi connectivity index (χ1n) is 4.47. The van der Waals surface area contributed by atoms with E-state index in [0.717, 1.165) is 4.90 Å². The van der Waals surface area contributed by atoms with Gasteiger partial charge < -0.3 is 0 Å². The number of hydrogen-bond donors (Lipinski definition) is 0. The molecule has 0 aliphatic rings. The Morgan fingerprint density at radius 3 is 2.69 bits per heavy atom. The van der Waals surface area contributed by atoms with Crippen molar-refractivity contribution in [2.75, 3.05) is 12.1 Å². The molecule has 0 amide bonds. The number of halogens is 1. The zero-order valence-corrected chi connectivity index (χ0v) is 10.2. The quantitative estimate of drug-likeness (QED) is 0.353. The van der Waals surface area contributed by atoms with Crippen molar-refractivity contribution < 1.29 is 9.72 Å². The third kappa shape index (κ3) is 3.50. The van der Waals surface area contributed by atoms with E-state index in [2.05, 4.69) is 0 Å². The van der Waals surface area contributed by atoms with Crippen molar-refractivity contribution in [3.8, 4) is 0 Å². The van der Waals surface area contributed by atoms with Crippen molar-refractivity contribution in [1.29, 1.82) is 0 Å². The van der Waals surface area contributed by atoms with E-state index in [9.17, 15) is 14.9 Å². The molecule has 1 rings (SSSR count). The molecule has 1 aromatic rings. The first-order chi connectivity index (χ1) is 7.56. The number of nitro groups is 1. The Morgan fingerprint density at radius 2 is 2.19 bits per heavy atom. The molecule has 0 heterocycles. The van der Waals surface area contributed by atoms with Gasteiger partial charge in [0.05, 0.1) is 10.8 Å². The van der Waals surface area contributed by atoms with Gasteiger partial charge in [-0.15, -0.1) is 23.4 Å². The topological polar surface area (TPSA) is 60.2 Å². The Bertz CT molecular complexity index is 423. The Labute approximate surface area is 102 Å². The lowest BCUT2D eigenvalue weighted by molar-refractivity contribution is -0.385. The highest BCUT2D eigenvalue weighted by Gasteiger charge is 2.11. The maximum absolute atomic E-state index is 11.2. The summed E-state index contributed by atoms with van der Waals surface area (Å²) in [4.78, 5) is 22.1. The number of rotatable bonds is 5. The van der Waals surface area contributed by atoms with E-state index >= 15 is 0 Å². The monoisotopic (exact) mass is 259 g/mol. The van der Waals surface area contributed by atoms with Crippen LogP contribution in [0, 0.1) is 10.1 Å². The second-order valence-corrected chi connectivity index (χ2v) is 4.29. The van der Waals surface area contributed by atoms with Crippen LogP contribution in [0.15, 0.2) is 23.1 Å². The predicted molar refractivity (Wildman–Crippen MR) is 64.3 cm³/mol. The zero-order chi connectivity index (χ0) is 12.1. The third-order valence-electron chi connectivity index (χ3n) is 1.95. The molecule has 0 unspecified atom stereocenters. The molecule has 16 heavy (non-hydrogen) atoms. The predicted octanol–water partition coefficient (Wildman–Crippen LogP) is 2.67. The number of hydrogen-bond acceptors (Lipinski definition) is 4. The van der Waals surface area contributed by atoms with Crippen molar-refractivity contribution in [3.63, 3.8) is 0 Å². The van der Waals surface area contributed by atoms with Crippen molar-refractivity contribution in [2.45, 2.75) is 11.3 Å². The Morgan fingerprint density at radius 1 is 1.50 bits per heavy atom. The summed E-state index contributed by atoms with van der Waals surface area (Å²) < 4.78 is 0. The molecule has 0 saturated carbocycles. The largest absolute Gasteiger partial charge is 0.298 e. The summed E-state index contributed by atoms with van der Waals surface area (Å²) in [7, 11) is 0. The minimum Gasteiger partial charge on any atom is -0.298 e. The number of thioether (sulfide) groups is 1. The third-order valence-corrected chi connectivity index (χ3v) is 2.95. The van der Waals surface area contributed by atoms with E-state index in [1.165, 1.54) is 23.9 Å². The summed E-state index contributed by atoms with van der Waals surface area (Å²) in [5.41, 5.74) is 0.633. The van der Waals surface area contributed by atoms with Crippen LogP contribution >= 0.6 is 23.4 Å². The molecule has 0 saturated heterocycles. The van der Waals surface area contributed by atoms with Gasteiger partial charge in [-0.2, -0.15) is 0 Å². The SMILES string of the molecule is CSc1cc(CC(=O)CCl)cc([N+](=O)[O-])c1. The van der Waals surface area contributed by atoms with Crippen molar-refractivity contribution in [1.82, 2.24) is 0 Å². The van der Waals surface area contributed by atoms with Crippen molar-refractivity contribution in [2.24, 2.45) is 0 Å². The van der Waals surface area contributed by atoms with E-state index in [0.29, 0.717) is 5.56 Å². The highest BCUT2D eigenvalue weighted by Crippen LogP contribution is 2.24. The average Bonchev–Trinajstić information content (AvgIpc) is 2.28. The highest BCUT2D eigenvalue weighted by atomic mass is 35.5. The first-order valence-corrected chi connectivity index (χ1v) is 6.22. The number of carbonyl (C=O) groups excluding carboxylic acids is 1. The number of nitrogens with zero attached hydrogens (tertiary/aromatic N) is 1. The number of carbonyl (C=O) groups is 1. The number of benzene rings is 1. The van der Waals surface area contributed by atoms with Crippen molar-refractivity contribution >= 4 is 34.8 Å². The van der Waals surface area contributed by atoms with Crippen LogP contribution in [-0.4, -0.2) is 22.8 Å². The molecule has 0 aliphatic carbocycles. The number of ketones is 1. The maximum atomic E-state index is 11.2. The lowest BCUT2D eigenvalue weighted by atomic mass is 10.1. The standard InChI is InChI=1S/C10H10ClNO3S/c1-16-10-4-7(3-9(13)6-11)2-8(5-10)12(14)15/h2,4-5H,3,6H2,1H3. The molecule has 0 aromatic heterocycles. The molecule has 0 bridgehead atoms. The molecule has 86 valence electrons. The van der Waals surface area contributed by atoms with Crippen LogP contribution in [0.2, 0.25) is 0 Å². The fourth-order valence-electron chi connectivity index (χ4n) is 1.24. The summed E-state index contributed by atoms with van der Waals surface area (Å²) in [5.74, 6) is -0.216. The van der Waals surface area contributed by atoms with Gasteiger partial charge >= 0.3 is 0 Å². The lowest BCUT2D eigenvalue weighted by Gasteiger charge is -2.02. The molecule has 0 atom stereocenters. The number of non-ortho nitro benzene ring substituents is 1. The van der Waals surface area contributed by atoms with E-state index in [4.69, 9.17) is 11.6 Å². The van der Waals surface area contributed by atoms with Crippen LogP contribution in [0.4, 0.5) is 5.69 Å². The van der Waals surface area contributed by atoms with Gasteiger partial charge in [0.2, 0.25) is 0 Å². The Hall–Kier alpha value is -1.07. The zero-order valence-electron chi connectivity index (χ0n) is 8.60. The number of nitro benzene ring substituents is 1. The van der Waals surface area contributed by atoms with Crippen LogP contribution in [0.5, 0.6) is 0 Å². The molecule has 0 spiro atoms. The van der Waals surface area contributed by atoms with Crippen LogP contribution in [0.25, 0.3) is 0 Å². The fraction of sp³-hybridized carbons (Fsp3) is 0.300. The Balaban J connectivity index is 3.04. The van der Waals surface area contributed by atoms with E-state index < -0.39 is 4.92 Å². The van der Waals surface area contributed by atoms with Crippen LogP contribution in [-0.2, 0) is 11.2 Å². The van der Waals surface area contributed by atoms with Gasteiger partial charge in [-0.3, -0.25) is 14.9 Å². The molecule has 6 heteroatoms. The second-order valence-electron chi connectivity index (χ2n) is 3.15. The fourth-order valence-corrected chi connectivity index (χ4v) is 1.85. The van der Waals surface area contributed by atoms with Crippen molar-refractivity contribution in [3.05, 3.63) is 33.9 Å². The molecule has 0 radical (unpaired) electrons. The molecule has 0 N–H and O–H groups in total. The summed E-state index contributed by atoms with van der Waals surface area (Å²) in [5, 5.41) is 10.7. The molecule has 0 fully saturated rings. The van der Waals surface area contributed by atoms with Gasteiger partial charge in [0.1, 0.15) is 0 Å². The van der Waals surface area contributed by atoms with E-state index in [1.54, 1.807) is 6.07 Å². The average molecular weight is 260 g/mol. The van der Waals surface area contributed by atoms with Gasteiger partial charge in [0, 0.05) is 23.4 Å². The van der Waals surface area contributed by atoms with E-state index in [1.807, 2.05) is 6.26 Å². The maximum Gasteiger partial charge on any atom is 0.270 e. The van der Waals surface area contributed by atoms with Crippen LogP contribution < -0.4 is 0 Å². The number of Topliss-reactive ketones (excluding diaryl/α,β-unsaturated/α-hetero) is 1. The minimum absolute atomic E-state index is 0.00391. The smallest absolute Gasteiger partial charge is 0.270 e. The second kappa shape index (κ2) is 5.86. The molecular weight excluding hydrogens is 250 g/mol. The van der Waals surface area contributed by atoms with Gasteiger partial charge in [-0.25, -0.2) is 0 Å². The normalized spacial score (nSPS) is 10.1. The molecule has 4 nitrogen and oxygen atoms in total. The first kappa shape index (κ1) is 13.0. The molecule has 1 aromatic carbocycles. The summed E-state index contributed by atoms with van der Waals surface area (Å²) >= 11 is 6.79. The molecular formula is C10H10ClNO3S. The minimum atomic E-state index is -0.464. The Kier molecular flexibility index (Phi) is 4.76. The summed E-state index contributed by atoms with van der Waals surface area (Å²) in [6.07, 6.45) is 1.96. The van der Waals surface area contributed by atoms with E-state index in [-0.39, 0.29) is 23.8 Å². The van der Waals surface area contributed by atoms with Crippen LogP contribution in [0.1, 0.15) is 5.56 Å². The van der Waals surface area contributed by atoms with Gasteiger partial charge in [0.25, 0.3) is 5.69 Å². The van der Waals surface area contributed by atoms with Gasteiger partial charge in [-0.1, -0.05) is 0 Å².